The van der Waals surface area contributed by atoms with Gasteiger partial charge in [-0.1, -0.05) is 0 Å². The minimum atomic E-state index is -3.20. The van der Waals surface area contributed by atoms with E-state index in [1.165, 1.54) is 0 Å². The van der Waals surface area contributed by atoms with Crippen molar-refractivity contribution in [2.24, 2.45) is 0 Å². The van der Waals surface area contributed by atoms with Crippen molar-refractivity contribution in [3.63, 3.8) is 0 Å². The van der Waals surface area contributed by atoms with Crippen LogP contribution < -0.4 is 0 Å². The molecule has 82 valence electrons. The Labute approximate surface area is 82.1 Å². The molecule has 0 radical (unpaired) electrons. The maximum Gasteiger partial charge on any atom is 0.275 e. The van der Waals surface area contributed by atoms with Crippen LogP contribution >= 0.6 is 0 Å². The third kappa shape index (κ3) is 2.44. The van der Waals surface area contributed by atoms with Gasteiger partial charge in [-0.2, -0.15) is 0 Å². The van der Waals surface area contributed by atoms with E-state index in [1.54, 1.807) is 0 Å². The highest BCUT2D eigenvalue weighted by Crippen LogP contribution is 2.29. The van der Waals surface area contributed by atoms with Crippen LogP contribution in [0.2, 0.25) is 0 Å². The molecule has 0 amide bonds. The summed E-state index contributed by atoms with van der Waals surface area (Å²) in [5.74, 6) is -0.921. The molecule has 0 heterocycles. The molecule has 1 unspecified atom stereocenters. The molecule has 0 saturated heterocycles. The smallest absolute Gasteiger partial charge is 0.275 e. The van der Waals surface area contributed by atoms with E-state index in [2.05, 4.69) is 0 Å². The molecule has 7 heteroatoms. The van der Waals surface area contributed by atoms with Gasteiger partial charge < -0.3 is 5.11 Å². The molecule has 0 bridgehead atoms. The lowest BCUT2D eigenvalue weighted by molar-refractivity contribution is -0.386. The number of hydrogen-bond donors (Lipinski definition) is 1. The van der Waals surface area contributed by atoms with E-state index >= 15 is 0 Å². The van der Waals surface area contributed by atoms with Crippen molar-refractivity contribution in [1.82, 2.24) is 0 Å². The Hall–Kier alpha value is -1.63. The van der Waals surface area contributed by atoms with Gasteiger partial charge in [0, 0.05) is 6.07 Å². The predicted octanol–water partition coefficient (Wildman–Crippen LogP) is 2.03. The molecule has 0 fully saturated rings. The SMILES string of the molecule is O=[N+]([O-])c1ccc(F)cc1C(O)C(F)F. The molecule has 15 heavy (non-hydrogen) atoms. The molecule has 0 spiro atoms. The largest absolute Gasteiger partial charge is 0.382 e. The summed E-state index contributed by atoms with van der Waals surface area (Å²) >= 11 is 0. The Morgan fingerprint density at radius 3 is 2.47 bits per heavy atom. The lowest BCUT2D eigenvalue weighted by atomic mass is 10.1. The van der Waals surface area contributed by atoms with Crippen LogP contribution in [0.1, 0.15) is 11.7 Å². The summed E-state index contributed by atoms with van der Waals surface area (Å²) in [4.78, 5) is 9.43. The molecule has 1 aromatic rings. The number of benzene rings is 1. The van der Waals surface area contributed by atoms with E-state index in [0.29, 0.717) is 6.07 Å². The Morgan fingerprint density at radius 2 is 2.00 bits per heavy atom. The average Bonchev–Trinajstić information content (AvgIpc) is 2.15. The highest BCUT2D eigenvalue weighted by atomic mass is 19.3. The fourth-order valence-corrected chi connectivity index (χ4v) is 1.06. The van der Waals surface area contributed by atoms with Gasteiger partial charge in [-0.25, -0.2) is 13.2 Å². The second-order valence-corrected chi connectivity index (χ2v) is 2.74. The third-order valence-electron chi connectivity index (χ3n) is 1.74. The van der Waals surface area contributed by atoms with Crippen LogP contribution in [-0.2, 0) is 0 Å². The van der Waals surface area contributed by atoms with Gasteiger partial charge in [-0.05, 0) is 12.1 Å². The Kier molecular flexibility index (Phi) is 3.25. The molecule has 1 rings (SSSR count). The van der Waals surface area contributed by atoms with Gasteiger partial charge in [0.05, 0.1) is 10.5 Å². The number of hydrogen-bond acceptors (Lipinski definition) is 3. The molecule has 1 aromatic carbocycles. The highest BCUT2D eigenvalue weighted by Gasteiger charge is 2.27. The number of halogens is 3. The van der Waals surface area contributed by atoms with Gasteiger partial charge in [-0.15, -0.1) is 0 Å². The highest BCUT2D eigenvalue weighted by molar-refractivity contribution is 5.42. The standard InChI is InChI=1S/C8H6F3NO3/c9-4-1-2-6(12(14)15)5(3-4)7(13)8(10)11/h1-3,7-8,13H. The van der Waals surface area contributed by atoms with Crippen LogP contribution in [0.3, 0.4) is 0 Å². The van der Waals surface area contributed by atoms with Crippen molar-refractivity contribution in [2.45, 2.75) is 12.5 Å². The van der Waals surface area contributed by atoms with E-state index < -0.39 is 34.5 Å². The molecule has 0 aliphatic rings. The Bertz CT molecular complexity index is 383. The summed E-state index contributed by atoms with van der Waals surface area (Å²) in [6.45, 7) is 0. The molecule has 0 aliphatic heterocycles. The van der Waals surface area contributed by atoms with Gasteiger partial charge in [-0.3, -0.25) is 10.1 Å². The van der Waals surface area contributed by atoms with E-state index in [0.717, 1.165) is 12.1 Å². The van der Waals surface area contributed by atoms with Crippen molar-refractivity contribution in [3.05, 3.63) is 39.7 Å². The van der Waals surface area contributed by atoms with Crippen molar-refractivity contribution in [2.75, 3.05) is 0 Å². The molecule has 1 atom stereocenters. The lowest BCUT2D eigenvalue weighted by Gasteiger charge is -2.09. The summed E-state index contributed by atoms with van der Waals surface area (Å²) in [7, 11) is 0. The molecule has 0 aliphatic carbocycles. The molecule has 1 N–H and O–H groups in total. The van der Waals surface area contributed by atoms with E-state index in [4.69, 9.17) is 5.11 Å². The predicted molar refractivity (Wildman–Crippen MR) is 44.0 cm³/mol. The van der Waals surface area contributed by atoms with Crippen molar-refractivity contribution >= 4 is 5.69 Å². The van der Waals surface area contributed by atoms with Crippen LogP contribution in [0.15, 0.2) is 18.2 Å². The average molecular weight is 221 g/mol. The van der Waals surface area contributed by atoms with Gasteiger partial charge in [0.15, 0.2) is 0 Å². The number of nitro benzene ring substituents is 1. The number of aliphatic hydroxyl groups excluding tert-OH is 1. The number of aliphatic hydroxyl groups is 1. The van der Waals surface area contributed by atoms with Crippen LogP contribution in [-0.4, -0.2) is 16.5 Å². The van der Waals surface area contributed by atoms with Gasteiger partial charge in [0.2, 0.25) is 0 Å². The van der Waals surface area contributed by atoms with Crippen LogP contribution in [0, 0.1) is 15.9 Å². The van der Waals surface area contributed by atoms with E-state index in [9.17, 15) is 23.3 Å². The van der Waals surface area contributed by atoms with Crippen LogP contribution in [0.4, 0.5) is 18.9 Å². The van der Waals surface area contributed by atoms with Crippen molar-refractivity contribution in [1.29, 1.82) is 0 Å². The lowest BCUT2D eigenvalue weighted by Crippen LogP contribution is -2.10. The third-order valence-corrected chi connectivity index (χ3v) is 1.74. The van der Waals surface area contributed by atoms with Crippen LogP contribution in [0.25, 0.3) is 0 Å². The normalized spacial score (nSPS) is 12.9. The fraction of sp³-hybridized carbons (Fsp3) is 0.250. The van der Waals surface area contributed by atoms with Crippen molar-refractivity contribution in [3.8, 4) is 0 Å². The zero-order valence-electron chi connectivity index (χ0n) is 7.23. The van der Waals surface area contributed by atoms with Crippen molar-refractivity contribution < 1.29 is 23.2 Å². The summed E-state index contributed by atoms with van der Waals surface area (Å²) in [5.41, 5.74) is -1.46. The minimum Gasteiger partial charge on any atom is -0.382 e. The number of nitrogens with zero attached hydrogens (tertiary/aromatic N) is 1. The Balaban J connectivity index is 3.24. The number of rotatable bonds is 3. The maximum absolute atomic E-state index is 12.7. The van der Waals surface area contributed by atoms with Gasteiger partial charge in [0.25, 0.3) is 12.1 Å². The monoisotopic (exact) mass is 221 g/mol. The first-order valence-corrected chi connectivity index (χ1v) is 3.83. The quantitative estimate of drug-likeness (QED) is 0.627. The number of nitro groups is 1. The molecule has 0 aromatic heterocycles. The summed E-state index contributed by atoms with van der Waals surface area (Å²) in [5, 5.41) is 19.3. The first-order valence-electron chi connectivity index (χ1n) is 3.83. The second-order valence-electron chi connectivity index (χ2n) is 2.74. The minimum absolute atomic E-state index is 0.523. The van der Waals surface area contributed by atoms with E-state index in [1.807, 2.05) is 0 Å². The fourth-order valence-electron chi connectivity index (χ4n) is 1.06. The first kappa shape index (κ1) is 11.4. The first-order chi connectivity index (χ1) is 6.93. The molecular weight excluding hydrogens is 215 g/mol. The van der Waals surface area contributed by atoms with Crippen LogP contribution in [0.5, 0.6) is 0 Å². The van der Waals surface area contributed by atoms with E-state index in [-0.39, 0.29) is 0 Å². The zero-order valence-corrected chi connectivity index (χ0v) is 7.23. The topological polar surface area (TPSA) is 63.4 Å². The van der Waals surface area contributed by atoms with Gasteiger partial charge >= 0.3 is 0 Å². The second kappa shape index (κ2) is 4.26. The Morgan fingerprint density at radius 1 is 1.40 bits per heavy atom. The van der Waals surface area contributed by atoms with Gasteiger partial charge in [0.1, 0.15) is 11.9 Å². The molecule has 0 saturated carbocycles. The molecular formula is C8H6F3NO3. The molecule has 4 nitrogen and oxygen atoms in total. The summed E-state index contributed by atoms with van der Waals surface area (Å²) < 4.78 is 36.8. The maximum atomic E-state index is 12.7. The number of alkyl halides is 2. The summed E-state index contributed by atoms with van der Waals surface area (Å²) in [6.07, 6.45) is -5.56. The summed E-state index contributed by atoms with van der Waals surface area (Å²) in [6, 6.07) is 2.02. The zero-order chi connectivity index (χ0) is 11.6.